The number of nitrogens with two attached hydrogens (primary N) is 1. The first kappa shape index (κ1) is 25.8. The monoisotopic (exact) mass is 498 g/mol. The summed E-state index contributed by atoms with van der Waals surface area (Å²) in [6.45, 7) is 6.86. The minimum atomic E-state index is -4.65. The lowest BCUT2D eigenvalue weighted by Gasteiger charge is -2.36. The Morgan fingerprint density at radius 1 is 1.09 bits per heavy atom. The van der Waals surface area contributed by atoms with E-state index < -0.39 is 29.3 Å². The SMILES string of the molecule is CC(C)(C)OC(=O)N1CCN(Cc2cccc(-c3ccc(C(N)=O)c(Cl)n3)c2C(F)(F)F)CC1. The number of carbonyl (C=O) groups excluding carboxylic acids is 2. The van der Waals surface area contributed by atoms with E-state index in [2.05, 4.69) is 4.98 Å². The smallest absolute Gasteiger partial charge is 0.417 e. The Balaban J connectivity index is 1.83. The summed E-state index contributed by atoms with van der Waals surface area (Å²) in [5, 5.41) is -0.262. The topological polar surface area (TPSA) is 88.8 Å². The van der Waals surface area contributed by atoms with Gasteiger partial charge in [0.25, 0.3) is 5.91 Å². The van der Waals surface area contributed by atoms with Crippen molar-refractivity contribution in [2.75, 3.05) is 26.2 Å². The molecule has 1 saturated heterocycles. The van der Waals surface area contributed by atoms with Crippen LogP contribution in [0.25, 0.3) is 11.3 Å². The Kier molecular flexibility index (Phi) is 7.42. The molecule has 2 N–H and O–H groups in total. The van der Waals surface area contributed by atoms with Crippen LogP contribution < -0.4 is 5.73 Å². The Labute approximate surface area is 200 Å². The highest BCUT2D eigenvalue weighted by Gasteiger charge is 2.37. The molecule has 0 radical (unpaired) electrons. The molecule has 34 heavy (non-hydrogen) atoms. The zero-order valence-electron chi connectivity index (χ0n) is 19.1. The molecule has 0 aliphatic carbocycles. The van der Waals surface area contributed by atoms with Gasteiger partial charge in [-0.1, -0.05) is 29.8 Å². The van der Waals surface area contributed by atoms with Crippen LogP contribution in [0.4, 0.5) is 18.0 Å². The van der Waals surface area contributed by atoms with Crippen molar-refractivity contribution in [2.24, 2.45) is 5.73 Å². The fourth-order valence-electron chi connectivity index (χ4n) is 3.70. The van der Waals surface area contributed by atoms with Crippen LogP contribution in [0.1, 0.15) is 42.3 Å². The maximum atomic E-state index is 14.2. The zero-order chi connectivity index (χ0) is 25.3. The molecule has 1 aromatic heterocycles. The maximum Gasteiger partial charge on any atom is 0.417 e. The van der Waals surface area contributed by atoms with Gasteiger partial charge in [-0.05, 0) is 38.5 Å². The van der Waals surface area contributed by atoms with Gasteiger partial charge in [-0.25, -0.2) is 9.78 Å². The van der Waals surface area contributed by atoms with Gasteiger partial charge in [0.15, 0.2) is 0 Å². The lowest BCUT2D eigenvalue weighted by Crippen LogP contribution is -2.49. The summed E-state index contributed by atoms with van der Waals surface area (Å²) < 4.78 is 47.8. The zero-order valence-corrected chi connectivity index (χ0v) is 19.8. The minimum Gasteiger partial charge on any atom is -0.444 e. The summed E-state index contributed by atoms with van der Waals surface area (Å²) in [5.74, 6) is -0.820. The number of ether oxygens (including phenoxy) is 1. The third-order valence-corrected chi connectivity index (χ3v) is 5.53. The number of hydrogen-bond donors (Lipinski definition) is 1. The molecule has 0 bridgehead atoms. The summed E-state index contributed by atoms with van der Waals surface area (Å²) in [7, 11) is 0. The number of amides is 2. The molecule has 7 nitrogen and oxygen atoms in total. The minimum absolute atomic E-state index is 0.0149. The molecule has 2 aromatic rings. The second-order valence-corrected chi connectivity index (χ2v) is 9.34. The highest BCUT2D eigenvalue weighted by molar-refractivity contribution is 6.32. The first-order valence-electron chi connectivity index (χ1n) is 10.6. The fourth-order valence-corrected chi connectivity index (χ4v) is 3.95. The molecular formula is C23H26ClF3N4O3. The van der Waals surface area contributed by atoms with Crippen LogP contribution in [0.15, 0.2) is 30.3 Å². The van der Waals surface area contributed by atoms with E-state index in [-0.39, 0.29) is 34.1 Å². The number of aromatic nitrogens is 1. The van der Waals surface area contributed by atoms with Gasteiger partial charge in [0.05, 0.1) is 16.8 Å². The molecule has 1 aliphatic rings. The number of nitrogens with zero attached hydrogens (tertiary/aromatic N) is 3. The van der Waals surface area contributed by atoms with Crippen molar-refractivity contribution in [3.8, 4) is 11.3 Å². The normalized spacial score (nSPS) is 15.3. The molecule has 0 spiro atoms. The molecule has 2 amide bonds. The van der Waals surface area contributed by atoms with E-state index in [9.17, 15) is 22.8 Å². The van der Waals surface area contributed by atoms with Crippen molar-refractivity contribution in [2.45, 2.75) is 39.1 Å². The molecule has 1 fully saturated rings. The number of halogens is 4. The number of primary amides is 1. The number of alkyl halides is 3. The molecule has 0 saturated carbocycles. The van der Waals surface area contributed by atoms with Crippen molar-refractivity contribution in [1.29, 1.82) is 0 Å². The lowest BCUT2D eigenvalue weighted by atomic mass is 9.97. The predicted octanol–water partition coefficient (Wildman–Crippen LogP) is 4.57. The first-order valence-corrected chi connectivity index (χ1v) is 11.0. The molecule has 0 unspecified atom stereocenters. The van der Waals surface area contributed by atoms with Gasteiger partial charge in [0.2, 0.25) is 0 Å². The summed E-state index contributed by atoms with van der Waals surface area (Å²) in [6.07, 6.45) is -5.09. The Bertz CT molecular complexity index is 1080. The number of benzene rings is 1. The van der Waals surface area contributed by atoms with Crippen LogP contribution in [0.5, 0.6) is 0 Å². The first-order chi connectivity index (χ1) is 15.8. The highest BCUT2D eigenvalue weighted by Crippen LogP contribution is 2.40. The summed E-state index contributed by atoms with van der Waals surface area (Å²) in [5.41, 5.74) is 3.61. The number of carbonyl (C=O) groups is 2. The highest BCUT2D eigenvalue weighted by atomic mass is 35.5. The summed E-state index contributed by atoms with van der Waals surface area (Å²) in [6, 6.07) is 6.81. The molecule has 2 heterocycles. The third-order valence-electron chi connectivity index (χ3n) is 5.24. The van der Waals surface area contributed by atoms with E-state index in [0.29, 0.717) is 26.2 Å². The van der Waals surface area contributed by atoms with E-state index in [1.807, 2.05) is 4.90 Å². The Hall–Kier alpha value is -2.85. The average Bonchev–Trinajstić information content (AvgIpc) is 2.71. The molecule has 184 valence electrons. The Morgan fingerprint density at radius 2 is 1.74 bits per heavy atom. The van der Waals surface area contributed by atoms with Gasteiger partial charge < -0.3 is 15.4 Å². The van der Waals surface area contributed by atoms with E-state index in [1.165, 1.54) is 30.3 Å². The molecular weight excluding hydrogens is 473 g/mol. The molecule has 1 aromatic carbocycles. The van der Waals surface area contributed by atoms with Gasteiger partial charge >= 0.3 is 12.3 Å². The van der Waals surface area contributed by atoms with Crippen molar-refractivity contribution >= 4 is 23.6 Å². The van der Waals surface area contributed by atoms with E-state index in [0.717, 1.165) is 0 Å². The lowest BCUT2D eigenvalue weighted by molar-refractivity contribution is -0.138. The van der Waals surface area contributed by atoms with E-state index in [1.54, 1.807) is 25.7 Å². The van der Waals surface area contributed by atoms with E-state index in [4.69, 9.17) is 22.1 Å². The van der Waals surface area contributed by atoms with Crippen molar-refractivity contribution in [3.05, 3.63) is 52.2 Å². The van der Waals surface area contributed by atoms with Crippen molar-refractivity contribution < 1.29 is 27.5 Å². The van der Waals surface area contributed by atoms with Crippen LogP contribution in [0.2, 0.25) is 5.15 Å². The largest absolute Gasteiger partial charge is 0.444 e. The number of hydrogen-bond acceptors (Lipinski definition) is 5. The van der Waals surface area contributed by atoms with Crippen LogP contribution in [-0.4, -0.2) is 58.6 Å². The summed E-state index contributed by atoms with van der Waals surface area (Å²) in [4.78, 5) is 31.0. The van der Waals surface area contributed by atoms with Crippen LogP contribution in [0, 0.1) is 0 Å². The van der Waals surface area contributed by atoms with Gasteiger partial charge in [-0.3, -0.25) is 9.69 Å². The van der Waals surface area contributed by atoms with Gasteiger partial charge in [0.1, 0.15) is 10.8 Å². The van der Waals surface area contributed by atoms with Gasteiger partial charge in [0, 0.05) is 38.3 Å². The van der Waals surface area contributed by atoms with E-state index >= 15 is 0 Å². The number of piperazine rings is 1. The second-order valence-electron chi connectivity index (χ2n) is 8.98. The number of pyridine rings is 1. The van der Waals surface area contributed by atoms with Crippen molar-refractivity contribution in [3.63, 3.8) is 0 Å². The fraction of sp³-hybridized carbons (Fsp3) is 0.435. The van der Waals surface area contributed by atoms with Crippen molar-refractivity contribution in [1.82, 2.24) is 14.8 Å². The standard InChI is InChI=1S/C23H26ClF3N4O3/c1-22(2,3)34-21(33)31-11-9-30(10-12-31)13-14-5-4-6-15(18(14)23(25,26)27)17-8-7-16(20(28)32)19(24)29-17/h4-8H,9-13H2,1-3H3,(H2,28,32). The third kappa shape index (κ3) is 6.18. The van der Waals surface area contributed by atoms with Gasteiger partial charge in [-0.2, -0.15) is 13.2 Å². The summed E-state index contributed by atoms with van der Waals surface area (Å²) >= 11 is 5.97. The molecule has 0 atom stereocenters. The van der Waals surface area contributed by atoms with Crippen LogP contribution in [-0.2, 0) is 17.5 Å². The second kappa shape index (κ2) is 9.79. The number of rotatable bonds is 4. The quantitative estimate of drug-likeness (QED) is 0.624. The molecule has 1 aliphatic heterocycles. The molecule has 11 heteroatoms. The average molecular weight is 499 g/mol. The predicted molar refractivity (Wildman–Crippen MR) is 121 cm³/mol. The Morgan fingerprint density at radius 3 is 2.26 bits per heavy atom. The van der Waals surface area contributed by atoms with Gasteiger partial charge in [-0.15, -0.1) is 0 Å². The van der Waals surface area contributed by atoms with Crippen LogP contribution >= 0.6 is 11.6 Å². The van der Waals surface area contributed by atoms with Crippen LogP contribution in [0.3, 0.4) is 0 Å². The maximum absolute atomic E-state index is 14.2. The molecule has 3 rings (SSSR count).